The van der Waals surface area contributed by atoms with Crippen LogP contribution in [0, 0.1) is 5.92 Å². The van der Waals surface area contributed by atoms with E-state index in [0.29, 0.717) is 24.1 Å². The maximum Gasteiger partial charge on any atom is 0.284 e. The van der Waals surface area contributed by atoms with E-state index in [2.05, 4.69) is 17.1 Å². The maximum absolute atomic E-state index is 12.1. The molecule has 1 aromatic rings. The van der Waals surface area contributed by atoms with E-state index in [-0.39, 0.29) is 5.75 Å². The molecule has 0 radical (unpaired) electrons. The number of piperidine rings is 1. The van der Waals surface area contributed by atoms with E-state index in [1.165, 1.54) is 25.9 Å². The van der Waals surface area contributed by atoms with Crippen molar-refractivity contribution in [3.8, 4) is 0 Å². The van der Waals surface area contributed by atoms with Crippen LogP contribution in [-0.2, 0) is 12.3 Å². The second-order valence-corrected chi connectivity index (χ2v) is 6.64. The molecule has 1 saturated heterocycles. The highest BCUT2D eigenvalue weighted by Gasteiger charge is 2.15. The highest BCUT2D eigenvalue weighted by molar-refractivity contribution is 7.98. The van der Waals surface area contributed by atoms with Crippen molar-refractivity contribution in [1.29, 1.82) is 0 Å². The summed E-state index contributed by atoms with van der Waals surface area (Å²) >= 11 is 0.591. The van der Waals surface area contributed by atoms with Gasteiger partial charge in [-0.25, -0.2) is 0 Å². The summed E-state index contributed by atoms with van der Waals surface area (Å²) in [6.07, 6.45) is 2.64. The zero-order chi connectivity index (χ0) is 15.1. The summed E-state index contributed by atoms with van der Waals surface area (Å²) in [5, 5.41) is 3.35. The molecule has 21 heavy (non-hydrogen) atoms. The maximum atomic E-state index is 12.1. The van der Waals surface area contributed by atoms with Gasteiger partial charge in [-0.3, -0.25) is 0 Å². The van der Waals surface area contributed by atoms with Gasteiger partial charge in [-0.2, -0.15) is 8.78 Å². The summed E-state index contributed by atoms with van der Waals surface area (Å²) in [5.41, 5.74) is 0. The normalized spacial score (nSPS) is 20.3. The number of likely N-dealkylation sites (tertiary alicyclic amines) is 1. The molecular weight excluding hydrogens is 294 g/mol. The van der Waals surface area contributed by atoms with Gasteiger partial charge in [0.1, 0.15) is 11.5 Å². The monoisotopic (exact) mass is 318 g/mol. The molecule has 0 spiro atoms. The van der Waals surface area contributed by atoms with Gasteiger partial charge in [-0.1, -0.05) is 18.7 Å². The molecule has 1 atom stereocenters. The van der Waals surface area contributed by atoms with Gasteiger partial charge in [-0.15, -0.1) is 0 Å². The van der Waals surface area contributed by atoms with E-state index in [9.17, 15) is 8.78 Å². The SMILES string of the molecule is CC1CCCN(CCNCc2ccc(CSC(F)F)o2)C1. The molecular formula is C15H24F2N2OS. The quantitative estimate of drug-likeness (QED) is 0.742. The number of alkyl halides is 2. The van der Waals surface area contributed by atoms with E-state index >= 15 is 0 Å². The summed E-state index contributed by atoms with van der Waals surface area (Å²) in [5.74, 6) is 0.111. The van der Waals surface area contributed by atoms with Crippen molar-refractivity contribution in [3.05, 3.63) is 23.7 Å². The molecule has 1 unspecified atom stereocenters. The molecule has 1 N–H and O–H groups in total. The van der Waals surface area contributed by atoms with Gasteiger partial charge >= 0.3 is 0 Å². The van der Waals surface area contributed by atoms with Crippen LogP contribution in [0.15, 0.2) is 16.5 Å². The highest BCUT2D eigenvalue weighted by Crippen LogP contribution is 2.21. The van der Waals surface area contributed by atoms with Crippen molar-refractivity contribution >= 4 is 11.8 Å². The van der Waals surface area contributed by atoms with Crippen LogP contribution in [0.2, 0.25) is 0 Å². The lowest BCUT2D eigenvalue weighted by molar-refractivity contribution is 0.184. The van der Waals surface area contributed by atoms with Crippen LogP contribution < -0.4 is 5.32 Å². The lowest BCUT2D eigenvalue weighted by Crippen LogP contribution is -2.38. The Morgan fingerprint density at radius 2 is 2.24 bits per heavy atom. The van der Waals surface area contributed by atoms with Crippen molar-refractivity contribution in [1.82, 2.24) is 10.2 Å². The second kappa shape index (κ2) is 8.76. The number of furan rings is 1. The fourth-order valence-corrected chi connectivity index (χ4v) is 3.12. The number of hydrogen-bond donors (Lipinski definition) is 1. The Hall–Kier alpha value is -0.590. The van der Waals surface area contributed by atoms with Gasteiger partial charge < -0.3 is 14.6 Å². The first-order valence-electron chi connectivity index (χ1n) is 7.54. The molecule has 1 aliphatic rings. The number of thioether (sulfide) groups is 1. The van der Waals surface area contributed by atoms with Crippen molar-refractivity contribution in [2.75, 3.05) is 26.2 Å². The number of rotatable bonds is 8. The van der Waals surface area contributed by atoms with Crippen LogP contribution >= 0.6 is 11.8 Å². The number of nitrogens with zero attached hydrogens (tertiary/aromatic N) is 1. The Balaban J connectivity index is 1.60. The van der Waals surface area contributed by atoms with Crippen molar-refractivity contribution in [2.24, 2.45) is 5.92 Å². The van der Waals surface area contributed by atoms with Gasteiger partial charge in [0, 0.05) is 19.6 Å². The first-order chi connectivity index (χ1) is 10.1. The fraction of sp³-hybridized carbons (Fsp3) is 0.733. The van der Waals surface area contributed by atoms with Crippen LogP contribution in [0.3, 0.4) is 0 Å². The van der Waals surface area contributed by atoms with E-state index in [1.807, 2.05) is 6.07 Å². The van der Waals surface area contributed by atoms with Gasteiger partial charge in [0.15, 0.2) is 0 Å². The second-order valence-electron chi connectivity index (χ2n) is 5.66. The average molecular weight is 318 g/mol. The molecule has 1 aliphatic heterocycles. The largest absolute Gasteiger partial charge is 0.464 e. The first kappa shape index (κ1) is 16.8. The third-order valence-electron chi connectivity index (χ3n) is 3.71. The molecule has 1 aromatic heterocycles. The smallest absolute Gasteiger partial charge is 0.284 e. The van der Waals surface area contributed by atoms with Crippen LogP contribution in [0.4, 0.5) is 8.78 Å². The molecule has 0 aromatic carbocycles. The standard InChI is InChI=1S/C15H24F2N2OS/c1-12-3-2-7-19(10-12)8-6-18-9-13-4-5-14(20-13)11-21-15(16)17/h4-5,12,15,18H,2-3,6-11H2,1H3. The van der Waals surface area contributed by atoms with Crippen LogP contribution in [0.5, 0.6) is 0 Å². The predicted molar refractivity (Wildman–Crippen MR) is 82.6 cm³/mol. The number of hydrogen-bond acceptors (Lipinski definition) is 4. The fourth-order valence-electron chi connectivity index (χ4n) is 2.68. The van der Waals surface area contributed by atoms with Gasteiger partial charge in [0.05, 0.1) is 12.3 Å². The molecule has 2 heterocycles. The molecule has 120 valence electrons. The average Bonchev–Trinajstić information content (AvgIpc) is 2.89. The van der Waals surface area contributed by atoms with Gasteiger partial charge in [0.25, 0.3) is 5.76 Å². The Morgan fingerprint density at radius 3 is 3.00 bits per heavy atom. The van der Waals surface area contributed by atoms with Crippen LogP contribution in [0.25, 0.3) is 0 Å². The van der Waals surface area contributed by atoms with E-state index < -0.39 is 5.76 Å². The zero-order valence-electron chi connectivity index (χ0n) is 12.5. The highest BCUT2D eigenvalue weighted by atomic mass is 32.2. The Morgan fingerprint density at radius 1 is 1.43 bits per heavy atom. The summed E-state index contributed by atoms with van der Waals surface area (Å²) in [7, 11) is 0. The molecule has 2 rings (SSSR count). The lowest BCUT2D eigenvalue weighted by atomic mass is 10.0. The van der Waals surface area contributed by atoms with E-state index in [4.69, 9.17) is 4.42 Å². The molecule has 1 fully saturated rings. The summed E-state index contributed by atoms with van der Waals surface area (Å²) in [4.78, 5) is 2.49. The Bertz CT molecular complexity index is 414. The zero-order valence-corrected chi connectivity index (χ0v) is 13.3. The third-order valence-corrected chi connectivity index (χ3v) is 4.42. The molecule has 0 saturated carbocycles. The first-order valence-corrected chi connectivity index (χ1v) is 8.59. The molecule has 3 nitrogen and oxygen atoms in total. The molecule has 6 heteroatoms. The van der Waals surface area contributed by atoms with Crippen molar-refractivity contribution in [3.63, 3.8) is 0 Å². The van der Waals surface area contributed by atoms with Crippen LogP contribution in [-0.4, -0.2) is 36.8 Å². The predicted octanol–water partition coefficient (Wildman–Crippen LogP) is 3.56. The van der Waals surface area contributed by atoms with E-state index in [1.54, 1.807) is 6.07 Å². The molecule has 0 bridgehead atoms. The third kappa shape index (κ3) is 6.36. The minimum Gasteiger partial charge on any atom is -0.464 e. The summed E-state index contributed by atoms with van der Waals surface area (Å²) in [6.45, 7) is 7.33. The summed E-state index contributed by atoms with van der Waals surface area (Å²) in [6, 6.07) is 3.63. The van der Waals surface area contributed by atoms with Crippen molar-refractivity contribution < 1.29 is 13.2 Å². The van der Waals surface area contributed by atoms with Crippen molar-refractivity contribution in [2.45, 2.75) is 37.8 Å². The number of nitrogens with one attached hydrogen (secondary N) is 1. The van der Waals surface area contributed by atoms with Crippen LogP contribution in [0.1, 0.15) is 31.3 Å². The minimum absolute atomic E-state index is 0.226. The number of halogens is 2. The minimum atomic E-state index is -2.34. The Kier molecular flexibility index (Phi) is 6.99. The molecule has 0 amide bonds. The lowest BCUT2D eigenvalue weighted by Gasteiger charge is -2.30. The molecule has 0 aliphatic carbocycles. The van der Waals surface area contributed by atoms with Gasteiger partial charge in [0.2, 0.25) is 0 Å². The topological polar surface area (TPSA) is 28.4 Å². The Labute approximate surface area is 129 Å². The van der Waals surface area contributed by atoms with Gasteiger partial charge in [-0.05, 0) is 37.4 Å². The summed E-state index contributed by atoms with van der Waals surface area (Å²) < 4.78 is 29.7. The van der Waals surface area contributed by atoms with E-state index in [0.717, 1.165) is 24.8 Å².